The molecule has 1 unspecified atom stereocenters. The van der Waals surface area contributed by atoms with Crippen LogP contribution in [0.3, 0.4) is 0 Å². The van der Waals surface area contributed by atoms with E-state index in [4.69, 9.17) is 20.9 Å². The van der Waals surface area contributed by atoms with Crippen LogP contribution in [0.4, 0.5) is 0 Å². The number of rotatable bonds is 2. The number of carbonyl (C=O) groups is 1. The molecule has 1 saturated heterocycles. The highest BCUT2D eigenvalue weighted by molar-refractivity contribution is 6.30. The van der Waals surface area contributed by atoms with Gasteiger partial charge in [0.1, 0.15) is 18.4 Å². The lowest BCUT2D eigenvalue weighted by Crippen LogP contribution is -2.40. The number of hydrogen-bond donors (Lipinski definition) is 0. The molecule has 1 aromatic carbocycles. The molecular formula is C18H18ClN3O3. The molecule has 25 heavy (non-hydrogen) atoms. The van der Waals surface area contributed by atoms with Crippen LogP contribution in [-0.4, -0.2) is 34.1 Å². The topological polar surface area (TPSA) is 68.5 Å². The minimum Gasteiger partial charge on any atom is -0.488 e. The van der Waals surface area contributed by atoms with E-state index in [-0.39, 0.29) is 18.6 Å². The van der Waals surface area contributed by atoms with Crippen molar-refractivity contribution in [1.29, 1.82) is 0 Å². The fourth-order valence-corrected chi connectivity index (χ4v) is 3.52. The number of likely N-dealkylation sites (tertiary alicyclic amines) is 1. The van der Waals surface area contributed by atoms with Crippen molar-refractivity contribution in [2.45, 2.75) is 32.2 Å². The lowest BCUT2D eigenvalue weighted by molar-refractivity contribution is -0.131. The minimum absolute atomic E-state index is 0.0498. The summed E-state index contributed by atoms with van der Waals surface area (Å²) in [6.45, 7) is 2.70. The predicted molar refractivity (Wildman–Crippen MR) is 92.3 cm³/mol. The number of carbonyl (C=O) groups excluding carboxylic acids is 1. The average molecular weight is 360 g/mol. The van der Waals surface area contributed by atoms with Gasteiger partial charge in [0.15, 0.2) is 5.82 Å². The zero-order valence-corrected chi connectivity index (χ0v) is 14.6. The van der Waals surface area contributed by atoms with Crippen LogP contribution in [0.2, 0.25) is 5.02 Å². The zero-order chi connectivity index (χ0) is 17.4. The molecule has 130 valence electrons. The largest absolute Gasteiger partial charge is 0.488 e. The van der Waals surface area contributed by atoms with Crippen LogP contribution in [0.5, 0.6) is 5.75 Å². The highest BCUT2D eigenvalue weighted by Gasteiger charge is 2.34. The molecule has 6 nitrogen and oxygen atoms in total. The van der Waals surface area contributed by atoms with Gasteiger partial charge in [-0.15, -0.1) is 0 Å². The van der Waals surface area contributed by atoms with Crippen molar-refractivity contribution in [1.82, 2.24) is 15.0 Å². The van der Waals surface area contributed by atoms with Crippen molar-refractivity contribution >= 4 is 23.6 Å². The van der Waals surface area contributed by atoms with Gasteiger partial charge in [-0.3, -0.25) is 4.79 Å². The monoisotopic (exact) mass is 359 g/mol. The summed E-state index contributed by atoms with van der Waals surface area (Å²) in [5.41, 5.74) is 1.43. The van der Waals surface area contributed by atoms with Gasteiger partial charge in [0.25, 0.3) is 5.91 Å². The third-order valence-electron chi connectivity index (χ3n) is 4.55. The number of hydrogen-bond acceptors (Lipinski definition) is 5. The van der Waals surface area contributed by atoms with E-state index in [0.29, 0.717) is 28.9 Å². The molecule has 0 N–H and O–H groups in total. The Morgan fingerprint density at radius 1 is 1.36 bits per heavy atom. The Kier molecular flexibility index (Phi) is 4.21. The van der Waals surface area contributed by atoms with Crippen molar-refractivity contribution in [3.63, 3.8) is 0 Å². The Balaban J connectivity index is 1.62. The molecule has 7 heteroatoms. The van der Waals surface area contributed by atoms with Crippen molar-refractivity contribution in [2.24, 2.45) is 0 Å². The second-order valence-electron chi connectivity index (χ2n) is 6.33. The van der Waals surface area contributed by atoms with E-state index >= 15 is 0 Å². The Labute approximate surface area is 150 Å². The number of piperidine rings is 1. The lowest BCUT2D eigenvalue weighted by atomic mass is 9.99. The van der Waals surface area contributed by atoms with Crippen LogP contribution in [0.25, 0.3) is 6.08 Å². The maximum Gasteiger partial charge on any atom is 0.253 e. The van der Waals surface area contributed by atoms with Gasteiger partial charge in [-0.2, -0.15) is 4.98 Å². The van der Waals surface area contributed by atoms with Crippen LogP contribution in [-0.2, 0) is 4.79 Å². The standard InChI is InChI=1S/C18H18ClN3O3/c1-11-20-17(25-21-11)15-4-2-3-7-22(15)18(23)13-8-12-9-14(19)5-6-16(12)24-10-13/h5-6,8-9,15H,2-4,7,10H2,1H3. The van der Waals surface area contributed by atoms with E-state index in [1.165, 1.54) is 0 Å². The van der Waals surface area contributed by atoms with E-state index in [1.807, 2.05) is 17.0 Å². The van der Waals surface area contributed by atoms with Crippen LogP contribution in [0.1, 0.15) is 42.6 Å². The molecule has 1 amide bonds. The van der Waals surface area contributed by atoms with E-state index in [9.17, 15) is 4.79 Å². The molecule has 0 radical (unpaired) electrons. The first-order chi connectivity index (χ1) is 12.1. The summed E-state index contributed by atoms with van der Waals surface area (Å²) in [6.07, 6.45) is 4.68. The van der Waals surface area contributed by atoms with Crippen LogP contribution in [0, 0.1) is 6.92 Å². The highest BCUT2D eigenvalue weighted by atomic mass is 35.5. The maximum absolute atomic E-state index is 13.1. The van der Waals surface area contributed by atoms with Crippen molar-refractivity contribution in [3.8, 4) is 5.75 Å². The number of nitrogens with zero attached hydrogens (tertiary/aromatic N) is 3. The first kappa shape index (κ1) is 16.1. The summed E-state index contributed by atoms with van der Waals surface area (Å²) in [6, 6.07) is 5.22. The molecule has 1 fully saturated rings. The van der Waals surface area contributed by atoms with Crippen molar-refractivity contribution in [3.05, 3.63) is 46.1 Å². The van der Waals surface area contributed by atoms with Crippen molar-refractivity contribution < 1.29 is 14.1 Å². The quantitative estimate of drug-likeness (QED) is 0.820. The molecule has 4 rings (SSSR count). The van der Waals surface area contributed by atoms with Crippen LogP contribution in [0.15, 0.2) is 28.3 Å². The van der Waals surface area contributed by atoms with Gasteiger partial charge < -0.3 is 14.2 Å². The third kappa shape index (κ3) is 3.14. The number of fused-ring (bicyclic) bond motifs is 1. The summed E-state index contributed by atoms with van der Waals surface area (Å²) >= 11 is 6.05. The van der Waals surface area contributed by atoms with E-state index in [0.717, 1.165) is 30.6 Å². The summed E-state index contributed by atoms with van der Waals surface area (Å²) in [5.74, 6) is 1.78. The Bertz CT molecular complexity index is 846. The Morgan fingerprint density at radius 3 is 3.04 bits per heavy atom. The molecule has 2 aliphatic heterocycles. The number of aryl methyl sites for hydroxylation is 1. The van der Waals surface area contributed by atoms with Crippen LogP contribution >= 0.6 is 11.6 Å². The molecule has 1 aromatic heterocycles. The zero-order valence-electron chi connectivity index (χ0n) is 13.9. The predicted octanol–water partition coefficient (Wildman–Crippen LogP) is 3.56. The molecule has 1 atom stereocenters. The van der Waals surface area contributed by atoms with Gasteiger partial charge in [0.05, 0.1) is 5.57 Å². The van der Waals surface area contributed by atoms with Gasteiger partial charge in [-0.05, 0) is 50.5 Å². The average Bonchev–Trinajstić information content (AvgIpc) is 3.06. The van der Waals surface area contributed by atoms with Gasteiger partial charge in [-0.1, -0.05) is 16.8 Å². The molecular weight excluding hydrogens is 342 g/mol. The van der Waals surface area contributed by atoms with Gasteiger partial charge in [-0.25, -0.2) is 0 Å². The van der Waals surface area contributed by atoms with Crippen LogP contribution < -0.4 is 4.74 Å². The maximum atomic E-state index is 13.1. The molecule has 0 bridgehead atoms. The fraction of sp³-hybridized carbons (Fsp3) is 0.389. The number of aromatic nitrogens is 2. The SMILES string of the molecule is Cc1noc(C2CCCCN2C(=O)C2=Cc3cc(Cl)ccc3OC2)n1. The second-order valence-corrected chi connectivity index (χ2v) is 6.77. The summed E-state index contributed by atoms with van der Waals surface area (Å²) < 4.78 is 11.0. The van der Waals surface area contributed by atoms with E-state index in [1.54, 1.807) is 19.1 Å². The van der Waals surface area contributed by atoms with Gasteiger partial charge >= 0.3 is 0 Å². The summed E-state index contributed by atoms with van der Waals surface area (Å²) in [5, 5.41) is 4.47. The van der Waals surface area contributed by atoms with Gasteiger partial charge in [0, 0.05) is 17.1 Å². The normalized spacial score (nSPS) is 19.8. The third-order valence-corrected chi connectivity index (χ3v) is 4.79. The lowest BCUT2D eigenvalue weighted by Gasteiger charge is -2.34. The Morgan fingerprint density at radius 2 is 2.24 bits per heavy atom. The molecule has 0 spiro atoms. The summed E-state index contributed by atoms with van der Waals surface area (Å²) in [7, 11) is 0. The molecule has 3 heterocycles. The first-order valence-corrected chi connectivity index (χ1v) is 8.74. The number of benzene rings is 1. The molecule has 0 aliphatic carbocycles. The molecule has 2 aromatic rings. The fourth-order valence-electron chi connectivity index (χ4n) is 3.34. The second kappa shape index (κ2) is 6.52. The summed E-state index contributed by atoms with van der Waals surface area (Å²) in [4.78, 5) is 19.2. The molecule has 2 aliphatic rings. The number of ether oxygens (including phenoxy) is 1. The van der Waals surface area contributed by atoms with Gasteiger partial charge in [0.2, 0.25) is 5.89 Å². The first-order valence-electron chi connectivity index (χ1n) is 8.36. The van der Waals surface area contributed by atoms with Crippen molar-refractivity contribution in [2.75, 3.05) is 13.2 Å². The highest BCUT2D eigenvalue weighted by Crippen LogP contribution is 2.34. The number of amides is 1. The van der Waals surface area contributed by atoms with E-state index in [2.05, 4.69) is 10.1 Å². The smallest absolute Gasteiger partial charge is 0.253 e. The van der Waals surface area contributed by atoms with E-state index < -0.39 is 0 Å². The molecule has 0 saturated carbocycles. The minimum atomic E-state index is -0.177. The Hall–Kier alpha value is -2.34. The number of halogens is 1.